The summed E-state index contributed by atoms with van der Waals surface area (Å²) in [6.45, 7) is 2.27. The van der Waals surface area contributed by atoms with Gasteiger partial charge in [-0.25, -0.2) is 4.79 Å². The number of rotatable bonds is 9. The number of carbonyl (C=O) groups excluding carboxylic acids is 2. The summed E-state index contributed by atoms with van der Waals surface area (Å²) in [5.74, 6) is 0.416. The SMILES string of the molecule is COCCNC(=O)[C@H](C)OC(=O)/C=C/c1cccc(Oc2ccccc2)c1. The molecule has 2 aromatic rings. The van der Waals surface area contributed by atoms with Crippen molar-refractivity contribution >= 4 is 18.0 Å². The Morgan fingerprint density at radius 3 is 2.56 bits per heavy atom. The lowest BCUT2D eigenvalue weighted by molar-refractivity contribution is -0.150. The van der Waals surface area contributed by atoms with Crippen LogP contribution in [0, 0.1) is 0 Å². The maximum Gasteiger partial charge on any atom is 0.331 e. The molecule has 6 heteroatoms. The Balaban J connectivity index is 1.88. The Bertz CT molecular complexity index is 773. The lowest BCUT2D eigenvalue weighted by atomic mass is 10.2. The van der Waals surface area contributed by atoms with Gasteiger partial charge in [0.25, 0.3) is 5.91 Å². The van der Waals surface area contributed by atoms with Crippen molar-refractivity contribution in [1.29, 1.82) is 0 Å². The third kappa shape index (κ3) is 7.33. The second kappa shape index (κ2) is 10.8. The summed E-state index contributed by atoms with van der Waals surface area (Å²) in [7, 11) is 1.54. The number of nitrogens with one attached hydrogen (secondary N) is 1. The summed E-state index contributed by atoms with van der Waals surface area (Å²) in [4.78, 5) is 23.7. The van der Waals surface area contributed by atoms with E-state index in [0.717, 1.165) is 11.3 Å². The fraction of sp³-hybridized carbons (Fsp3) is 0.238. The van der Waals surface area contributed by atoms with E-state index in [0.29, 0.717) is 18.9 Å². The van der Waals surface area contributed by atoms with E-state index in [4.69, 9.17) is 14.2 Å². The van der Waals surface area contributed by atoms with Gasteiger partial charge in [-0.15, -0.1) is 0 Å². The standard InChI is InChI=1S/C21H23NO5/c1-16(21(24)22-13-14-25-2)26-20(23)12-11-17-7-6-10-19(15-17)27-18-8-4-3-5-9-18/h3-12,15-16H,13-14H2,1-2H3,(H,22,24)/b12-11+/t16-/m0/s1. The summed E-state index contributed by atoms with van der Waals surface area (Å²) in [5, 5.41) is 2.61. The molecule has 1 atom stereocenters. The number of methoxy groups -OCH3 is 1. The molecule has 0 aliphatic heterocycles. The van der Waals surface area contributed by atoms with Crippen molar-refractivity contribution in [2.45, 2.75) is 13.0 Å². The zero-order chi connectivity index (χ0) is 19.5. The van der Waals surface area contributed by atoms with Gasteiger partial charge in [0.2, 0.25) is 0 Å². The number of para-hydroxylation sites is 1. The van der Waals surface area contributed by atoms with E-state index in [9.17, 15) is 9.59 Å². The van der Waals surface area contributed by atoms with Gasteiger partial charge in [-0.2, -0.15) is 0 Å². The van der Waals surface area contributed by atoms with Crippen molar-refractivity contribution in [3.05, 3.63) is 66.2 Å². The highest BCUT2D eigenvalue weighted by Gasteiger charge is 2.15. The van der Waals surface area contributed by atoms with E-state index in [1.54, 1.807) is 19.3 Å². The first-order chi connectivity index (χ1) is 13.1. The summed E-state index contributed by atoms with van der Waals surface area (Å²) in [5.41, 5.74) is 0.776. The van der Waals surface area contributed by atoms with Gasteiger partial charge >= 0.3 is 5.97 Å². The summed E-state index contributed by atoms with van der Waals surface area (Å²) in [6.07, 6.45) is 2.00. The molecule has 0 aromatic heterocycles. The first-order valence-electron chi connectivity index (χ1n) is 8.57. The van der Waals surface area contributed by atoms with Gasteiger partial charge in [0.15, 0.2) is 6.10 Å². The number of esters is 1. The second-order valence-corrected chi connectivity index (χ2v) is 5.68. The molecule has 2 rings (SSSR count). The fourth-order valence-electron chi connectivity index (χ4n) is 2.16. The minimum absolute atomic E-state index is 0.362. The average molecular weight is 369 g/mol. The van der Waals surface area contributed by atoms with Crippen molar-refractivity contribution in [3.63, 3.8) is 0 Å². The van der Waals surface area contributed by atoms with Crippen molar-refractivity contribution in [2.75, 3.05) is 20.3 Å². The average Bonchev–Trinajstić information content (AvgIpc) is 2.67. The summed E-state index contributed by atoms with van der Waals surface area (Å²) < 4.78 is 15.7. The van der Waals surface area contributed by atoms with E-state index in [2.05, 4.69) is 5.32 Å². The van der Waals surface area contributed by atoms with Crippen LogP contribution in [0.4, 0.5) is 0 Å². The summed E-state index contributed by atoms with van der Waals surface area (Å²) >= 11 is 0. The van der Waals surface area contributed by atoms with Crippen LogP contribution in [0.25, 0.3) is 6.08 Å². The maximum absolute atomic E-state index is 11.9. The van der Waals surface area contributed by atoms with E-state index >= 15 is 0 Å². The number of hydrogen-bond donors (Lipinski definition) is 1. The van der Waals surface area contributed by atoms with Crippen LogP contribution < -0.4 is 10.1 Å². The Labute approximate surface area is 158 Å². The topological polar surface area (TPSA) is 73.9 Å². The maximum atomic E-state index is 11.9. The molecule has 0 fully saturated rings. The predicted molar refractivity (Wildman–Crippen MR) is 102 cm³/mol. The highest BCUT2D eigenvalue weighted by Crippen LogP contribution is 2.22. The van der Waals surface area contributed by atoms with Crippen LogP contribution in [-0.4, -0.2) is 38.2 Å². The Morgan fingerprint density at radius 1 is 1.07 bits per heavy atom. The van der Waals surface area contributed by atoms with Crippen molar-refractivity contribution in [3.8, 4) is 11.5 Å². The molecule has 1 N–H and O–H groups in total. The first-order valence-corrected chi connectivity index (χ1v) is 8.57. The molecule has 6 nitrogen and oxygen atoms in total. The molecule has 0 aliphatic rings. The largest absolute Gasteiger partial charge is 0.457 e. The van der Waals surface area contributed by atoms with E-state index in [1.807, 2.05) is 48.5 Å². The molecule has 0 unspecified atom stereocenters. The molecule has 0 saturated heterocycles. The number of benzene rings is 2. The number of carbonyl (C=O) groups is 2. The van der Waals surface area contributed by atoms with Gasteiger partial charge in [-0.05, 0) is 42.8 Å². The molecule has 0 saturated carbocycles. The zero-order valence-corrected chi connectivity index (χ0v) is 15.4. The molecular weight excluding hydrogens is 346 g/mol. The van der Waals surface area contributed by atoms with Crippen molar-refractivity contribution in [2.24, 2.45) is 0 Å². The molecular formula is C21H23NO5. The second-order valence-electron chi connectivity index (χ2n) is 5.68. The highest BCUT2D eigenvalue weighted by atomic mass is 16.5. The van der Waals surface area contributed by atoms with Gasteiger partial charge in [0.05, 0.1) is 6.61 Å². The minimum atomic E-state index is -0.883. The smallest absolute Gasteiger partial charge is 0.331 e. The van der Waals surface area contributed by atoms with Crippen LogP contribution in [0.1, 0.15) is 12.5 Å². The quantitative estimate of drug-likeness (QED) is 0.417. The highest BCUT2D eigenvalue weighted by molar-refractivity contribution is 5.90. The third-order valence-corrected chi connectivity index (χ3v) is 3.52. The number of hydrogen-bond acceptors (Lipinski definition) is 5. The minimum Gasteiger partial charge on any atom is -0.457 e. The Kier molecular flexibility index (Phi) is 8.06. The Morgan fingerprint density at radius 2 is 1.81 bits per heavy atom. The van der Waals surface area contributed by atoms with E-state index in [1.165, 1.54) is 13.0 Å². The number of ether oxygens (including phenoxy) is 3. The van der Waals surface area contributed by atoms with Gasteiger partial charge in [0.1, 0.15) is 11.5 Å². The molecule has 0 bridgehead atoms. The van der Waals surface area contributed by atoms with Crippen LogP contribution in [0.15, 0.2) is 60.7 Å². The Hall–Kier alpha value is -3.12. The van der Waals surface area contributed by atoms with Crippen LogP contribution in [-0.2, 0) is 19.1 Å². The molecule has 0 heterocycles. The monoisotopic (exact) mass is 369 g/mol. The lowest BCUT2D eigenvalue weighted by Crippen LogP contribution is -2.37. The first kappa shape index (κ1) is 20.2. The van der Waals surface area contributed by atoms with Crippen LogP contribution >= 0.6 is 0 Å². The van der Waals surface area contributed by atoms with Gasteiger partial charge < -0.3 is 19.5 Å². The summed E-state index contributed by atoms with van der Waals surface area (Å²) in [6, 6.07) is 16.7. The molecule has 2 aromatic carbocycles. The molecule has 1 amide bonds. The molecule has 0 radical (unpaired) electrons. The molecule has 0 aliphatic carbocycles. The third-order valence-electron chi connectivity index (χ3n) is 3.52. The zero-order valence-electron chi connectivity index (χ0n) is 15.4. The van der Waals surface area contributed by atoms with E-state index in [-0.39, 0.29) is 5.91 Å². The van der Waals surface area contributed by atoms with Crippen molar-refractivity contribution in [1.82, 2.24) is 5.32 Å². The predicted octanol–water partition coefficient (Wildman–Crippen LogP) is 3.19. The van der Waals surface area contributed by atoms with E-state index < -0.39 is 12.1 Å². The number of amides is 1. The van der Waals surface area contributed by atoms with Crippen LogP contribution in [0.3, 0.4) is 0 Å². The van der Waals surface area contributed by atoms with Gasteiger partial charge in [-0.1, -0.05) is 30.3 Å². The molecule has 27 heavy (non-hydrogen) atoms. The molecule has 142 valence electrons. The van der Waals surface area contributed by atoms with Gasteiger partial charge in [0, 0.05) is 19.7 Å². The van der Waals surface area contributed by atoms with Crippen LogP contribution in [0.5, 0.6) is 11.5 Å². The normalized spacial score (nSPS) is 11.8. The van der Waals surface area contributed by atoms with Gasteiger partial charge in [-0.3, -0.25) is 4.79 Å². The fourth-order valence-corrected chi connectivity index (χ4v) is 2.16. The lowest BCUT2D eigenvalue weighted by Gasteiger charge is -2.12. The van der Waals surface area contributed by atoms with Crippen molar-refractivity contribution < 1.29 is 23.8 Å². The molecule has 0 spiro atoms. The van der Waals surface area contributed by atoms with Crippen LogP contribution in [0.2, 0.25) is 0 Å².